The van der Waals surface area contributed by atoms with Gasteiger partial charge >= 0.3 is 0 Å². The summed E-state index contributed by atoms with van der Waals surface area (Å²) in [5.74, 6) is -0.227. The number of anilines is 1. The van der Waals surface area contributed by atoms with Gasteiger partial charge in [0.05, 0.1) is 10.6 Å². The van der Waals surface area contributed by atoms with Gasteiger partial charge in [-0.05, 0) is 30.7 Å². The minimum atomic E-state index is -3.53. The number of benzene rings is 1. The Bertz CT molecular complexity index is 926. The van der Waals surface area contributed by atoms with Gasteiger partial charge in [0, 0.05) is 31.5 Å². The normalized spacial score (nSPS) is 11.5. The van der Waals surface area contributed by atoms with Crippen LogP contribution in [0.5, 0.6) is 0 Å². The van der Waals surface area contributed by atoms with E-state index in [2.05, 4.69) is 15.3 Å². The quantitative estimate of drug-likeness (QED) is 0.482. The van der Waals surface area contributed by atoms with Crippen molar-refractivity contribution in [1.82, 2.24) is 14.3 Å². The van der Waals surface area contributed by atoms with Crippen molar-refractivity contribution in [2.45, 2.75) is 29.8 Å². The smallest absolute Gasteiger partial charge is 0.251 e. The van der Waals surface area contributed by atoms with Crippen LogP contribution in [0.3, 0.4) is 0 Å². The molecular weight excluding hydrogens is 388 g/mol. The number of aromatic nitrogens is 2. The molecule has 2 rings (SSSR count). The summed E-state index contributed by atoms with van der Waals surface area (Å²) < 4.78 is 26.2. The lowest BCUT2D eigenvalue weighted by molar-refractivity contribution is -0.113. The van der Waals surface area contributed by atoms with Crippen molar-refractivity contribution in [2.75, 3.05) is 24.7 Å². The number of unbranched alkanes of at least 4 members (excludes halogenated alkanes) is 1. The number of nitrogens with one attached hydrogen (secondary N) is 2. The molecule has 0 radical (unpaired) electrons. The molecule has 8 nitrogen and oxygen atoms in total. The van der Waals surface area contributed by atoms with Crippen LogP contribution in [0.4, 0.5) is 5.69 Å². The van der Waals surface area contributed by atoms with Gasteiger partial charge in [-0.1, -0.05) is 25.1 Å². The molecule has 1 heterocycles. The topological polar surface area (TPSA) is 112 Å². The summed E-state index contributed by atoms with van der Waals surface area (Å²) >= 11 is 1.10. The number of rotatable bonds is 9. The van der Waals surface area contributed by atoms with E-state index in [0.29, 0.717) is 17.4 Å². The molecule has 0 saturated carbocycles. The van der Waals surface area contributed by atoms with Crippen molar-refractivity contribution >= 4 is 33.4 Å². The zero-order valence-corrected chi connectivity index (χ0v) is 16.8. The SMILES string of the molecule is CCCCN(C)S(=O)(=O)c1ccc(NC(=O)CSc2nccc(=O)[nH]2)cc1. The number of sulfonamides is 1. The van der Waals surface area contributed by atoms with Gasteiger partial charge in [0.1, 0.15) is 0 Å². The lowest BCUT2D eigenvalue weighted by Crippen LogP contribution is -2.27. The van der Waals surface area contributed by atoms with Gasteiger partial charge in [0.2, 0.25) is 15.9 Å². The third-order valence-corrected chi connectivity index (χ3v) is 6.42. The van der Waals surface area contributed by atoms with E-state index in [1.807, 2.05) is 6.92 Å². The number of hydrogen-bond acceptors (Lipinski definition) is 6. The Morgan fingerprint density at radius 2 is 1.96 bits per heavy atom. The number of nitrogens with zero attached hydrogens (tertiary/aromatic N) is 2. The van der Waals surface area contributed by atoms with Crippen LogP contribution in [0.2, 0.25) is 0 Å². The molecule has 0 atom stereocenters. The van der Waals surface area contributed by atoms with Crippen LogP contribution < -0.4 is 10.9 Å². The second-order valence-electron chi connectivity index (χ2n) is 5.78. The first-order valence-electron chi connectivity index (χ1n) is 8.37. The molecular formula is C17H22N4O4S2. The summed E-state index contributed by atoms with van der Waals surface area (Å²) in [6, 6.07) is 7.32. The van der Waals surface area contributed by atoms with Crippen LogP contribution in [0, 0.1) is 0 Å². The maximum atomic E-state index is 12.5. The first-order chi connectivity index (χ1) is 12.8. The summed E-state index contributed by atoms with van der Waals surface area (Å²) in [4.78, 5) is 29.8. The van der Waals surface area contributed by atoms with Crippen LogP contribution in [0.1, 0.15) is 19.8 Å². The van der Waals surface area contributed by atoms with Gasteiger partial charge < -0.3 is 10.3 Å². The predicted octanol–water partition coefficient (Wildman–Crippen LogP) is 1.92. The lowest BCUT2D eigenvalue weighted by Gasteiger charge is -2.17. The first-order valence-corrected chi connectivity index (χ1v) is 10.8. The Kier molecular flexibility index (Phi) is 7.57. The number of carbonyl (C=O) groups excluding carboxylic acids is 1. The van der Waals surface area contributed by atoms with E-state index in [1.54, 1.807) is 19.2 Å². The Morgan fingerprint density at radius 1 is 1.26 bits per heavy atom. The van der Waals surface area contributed by atoms with Crippen molar-refractivity contribution in [3.8, 4) is 0 Å². The van der Waals surface area contributed by atoms with Crippen molar-refractivity contribution < 1.29 is 13.2 Å². The fraction of sp³-hybridized carbons (Fsp3) is 0.353. The maximum Gasteiger partial charge on any atom is 0.251 e. The molecule has 0 saturated heterocycles. The minimum Gasteiger partial charge on any atom is -0.325 e. The van der Waals surface area contributed by atoms with E-state index >= 15 is 0 Å². The van der Waals surface area contributed by atoms with Crippen molar-refractivity contribution in [2.24, 2.45) is 0 Å². The molecule has 2 N–H and O–H groups in total. The van der Waals surface area contributed by atoms with Gasteiger partial charge in [-0.15, -0.1) is 0 Å². The second-order valence-corrected chi connectivity index (χ2v) is 8.79. The zero-order chi connectivity index (χ0) is 19.9. The van der Waals surface area contributed by atoms with Gasteiger partial charge in [-0.25, -0.2) is 17.7 Å². The van der Waals surface area contributed by atoms with E-state index in [-0.39, 0.29) is 22.1 Å². The molecule has 146 valence electrons. The van der Waals surface area contributed by atoms with Crippen LogP contribution in [-0.4, -0.2) is 47.9 Å². The van der Waals surface area contributed by atoms with E-state index < -0.39 is 10.0 Å². The maximum absolute atomic E-state index is 12.5. The molecule has 1 amide bonds. The molecule has 27 heavy (non-hydrogen) atoms. The average Bonchev–Trinajstić information content (AvgIpc) is 2.65. The molecule has 0 unspecified atom stereocenters. The Morgan fingerprint density at radius 3 is 2.59 bits per heavy atom. The second kappa shape index (κ2) is 9.67. The predicted molar refractivity (Wildman–Crippen MR) is 105 cm³/mol. The number of H-pyrrole nitrogens is 1. The molecule has 10 heteroatoms. The Labute approximate surface area is 162 Å². The minimum absolute atomic E-state index is 0.0623. The average molecular weight is 411 g/mol. The van der Waals surface area contributed by atoms with Crippen LogP contribution in [-0.2, 0) is 14.8 Å². The highest BCUT2D eigenvalue weighted by Crippen LogP contribution is 2.18. The Balaban J connectivity index is 1.94. The monoisotopic (exact) mass is 410 g/mol. The number of thioether (sulfide) groups is 1. The molecule has 0 bridgehead atoms. The summed E-state index contributed by atoms with van der Waals surface area (Å²) in [6.07, 6.45) is 3.08. The molecule has 2 aromatic rings. The van der Waals surface area contributed by atoms with E-state index in [4.69, 9.17) is 0 Å². The molecule has 0 aliphatic rings. The highest BCUT2D eigenvalue weighted by molar-refractivity contribution is 7.99. The van der Waals surface area contributed by atoms with Gasteiger partial charge in [0.15, 0.2) is 5.16 Å². The van der Waals surface area contributed by atoms with Gasteiger partial charge in [-0.3, -0.25) is 9.59 Å². The molecule has 1 aromatic heterocycles. The van der Waals surface area contributed by atoms with Gasteiger partial charge in [0.25, 0.3) is 5.56 Å². The fourth-order valence-electron chi connectivity index (χ4n) is 2.15. The van der Waals surface area contributed by atoms with E-state index in [9.17, 15) is 18.0 Å². The summed E-state index contributed by atoms with van der Waals surface area (Å²) in [7, 11) is -1.98. The summed E-state index contributed by atoms with van der Waals surface area (Å²) in [5.41, 5.74) is 0.207. The van der Waals surface area contributed by atoms with Crippen molar-refractivity contribution in [3.63, 3.8) is 0 Å². The number of carbonyl (C=O) groups is 1. The number of amides is 1. The fourth-order valence-corrected chi connectivity index (χ4v) is 4.00. The van der Waals surface area contributed by atoms with Crippen LogP contribution >= 0.6 is 11.8 Å². The zero-order valence-electron chi connectivity index (χ0n) is 15.1. The van der Waals surface area contributed by atoms with Gasteiger partial charge in [-0.2, -0.15) is 0 Å². The third-order valence-electron chi connectivity index (χ3n) is 3.66. The Hall–Kier alpha value is -2.17. The molecule has 0 fully saturated rings. The van der Waals surface area contributed by atoms with Crippen molar-refractivity contribution in [3.05, 3.63) is 46.9 Å². The number of aromatic amines is 1. The molecule has 0 aliphatic carbocycles. The lowest BCUT2D eigenvalue weighted by atomic mass is 10.3. The highest BCUT2D eigenvalue weighted by Gasteiger charge is 2.20. The summed E-state index contributed by atoms with van der Waals surface area (Å²) in [5, 5.41) is 3.04. The standard InChI is InChI=1S/C17H22N4O4S2/c1-3-4-11-21(2)27(24,25)14-7-5-13(6-8-14)19-16(23)12-26-17-18-10-9-15(22)20-17/h5-10H,3-4,11-12H2,1-2H3,(H,19,23)(H,18,20,22). The third kappa shape index (κ3) is 6.19. The van der Waals surface area contributed by atoms with Crippen molar-refractivity contribution in [1.29, 1.82) is 0 Å². The molecule has 0 spiro atoms. The first kappa shape index (κ1) is 21.1. The molecule has 1 aromatic carbocycles. The number of hydrogen-bond donors (Lipinski definition) is 2. The highest BCUT2D eigenvalue weighted by atomic mass is 32.2. The largest absolute Gasteiger partial charge is 0.325 e. The molecule has 0 aliphatic heterocycles. The van der Waals surface area contributed by atoms with Crippen LogP contribution in [0.15, 0.2) is 51.4 Å². The van der Waals surface area contributed by atoms with E-state index in [0.717, 1.165) is 24.6 Å². The van der Waals surface area contributed by atoms with E-state index in [1.165, 1.54) is 28.7 Å². The summed E-state index contributed by atoms with van der Waals surface area (Å²) in [6.45, 7) is 2.46. The van der Waals surface area contributed by atoms with Crippen LogP contribution in [0.25, 0.3) is 0 Å².